The molecule has 118 valence electrons. The van der Waals surface area contributed by atoms with Crippen molar-refractivity contribution in [2.24, 2.45) is 4.99 Å². The number of nitrogens with zero attached hydrogens (tertiary/aromatic N) is 3. The summed E-state index contributed by atoms with van der Waals surface area (Å²) in [4.78, 5) is 11.4. The smallest absolute Gasteiger partial charge is 0.161 e. The fraction of sp³-hybridized carbons (Fsp3) is 0.375. The summed E-state index contributed by atoms with van der Waals surface area (Å²) in [6, 6.07) is 4.62. The molecule has 0 radical (unpaired) electrons. The number of aliphatic imine (C=N–C) groups is 1. The van der Waals surface area contributed by atoms with Crippen molar-refractivity contribution in [2.45, 2.75) is 26.8 Å². The predicted molar refractivity (Wildman–Crippen MR) is 94.1 cm³/mol. The molecule has 0 aliphatic carbocycles. The highest BCUT2D eigenvalue weighted by atomic mass is 79.9. The Morgan fingerprint density at radius 2 is 2.14 bits per heavy atom. The van der Waals surface area contributed by atoms with Gasteiger partial charge in [0.1, 0.15) is 5.82 Å². The van der Waals surface area contributed by atoms with E-state index in [4.69, 9.17) is 4.99 Å². The lowest BCUT2D eigenvalue weighted by Crippen LogP contribution is -2.31. The highest BCUT2D eigenvalue weighted by Gasteiger charge is 2.16. The molecule has 0 amide bonds. The first kappa shape index (κ1) is 17.1. The molecule has 0 N–H and O–H groups in total. The summed E-state index contributed by atoms with van der Waals surface area (Å²) in [5.41, 5.74) is 0.961. The van der Waals surface area contributed by atoms with E-state index < -0.39 is 0 Å². The third-order valence-electron chi connectivity index (χ3n) is 3.42. The van der Waals surface area contributed by atoms with Crippen molar-refractivity contribution in [3.63, 3.8) is 0 Å². The lowest BCUT2D eigenvalue weighted by Gasteiger charge is -2.23. The maximum absolute atomic E-state index is 13.3. The van der Waals surface area contributed by atoms with Crippen molar-refractivity contribution in [3.8, 4) is 0 Å². The number of amidine groups is 1. The second-order valence-corrected chi connectivity index (χ2v) is 6.55. The molecule has 0 saturated carbocycles. The molecule has 3 nitrogen and oxygen atoms in total. The van der Waals surface area contributed by atoms with Gasteiger partial charge in [-0.25, -0.2) is 9.37 Å². The van der Waals surface area contributed by atoms with Crippen LogP contribution < -0.4 is 0 Å². The van der Waals surface area contributed by atoms with Gasteiger partial charge in [0.2, 0.25) is 0 Å². The van der Waals surface area contributed by atoms with Crippen molar-refractivity contribution < 1.29 is 4.39 Å². The topological polar surface area (TPSA) is 28.5 Å². The summed E-state index contributed by atoms with van der Waals surface area (Å²) in [6.45, 7) is 7.95. The van der Waals surface area contributed by atoms with Crippen molar-refractivity contribution in [3.05, 3.63) is 50.6 Å². The van der Waals surface area contributed by atoms with Crippen LogP contribution in [0.25, 0.3) is 0 Å². The fourth-order valence-corrected chi connectivity index (χ4v) is 3.56. The lowest BCUT2D eigenvalue weighted by molar-refractivity contribution is 0.461. The predicted octanol–water partition coefficient (Wildman–Crippen LogP) is 4.89. The zero-order valence-electron chi connectivity index (χ0n) is 12.9. The molecule has 2 aromatic rings. The summed E-state index contributed by atoms with van der Waals surface area (Å²) in [5, 5.41) is 2.86. The van der Waals surface area contributed by atoms with E-state index in [1.807, 2.05) is 12.3 Å². The molecular formula is C16H19BrFN3S. The molecule has 0 spiro atoms. The average Bonchev–Trinajstić information content (AvgIpc) is 3.01. The zero-order chi connectivity index (χ0) is 16.1. The number of hydrogen-bond donors (Lipinski definition) is 0. The molecule has 0 aliphatic heterocycles. The van der Waals surface area contributed by atoms with Crippen LogP contribution in [-0.2, 0) is 0 Å². The van der Waals surface area contributed by atoms with Gasteiger partial charge < -0.3 is 4.90 Å². The van der Waals surface area contributed by atoms with Crippen LogP contribution in [0.3, 0.4) is 0 Å². The van der Waals surface area contributed by atoms with Crippen LogP contribution >= 0.6 is 27.3 Å². The van der Waals surface area contributed by atoms with Gasteiger partial charge in [-0.05, 0) is 38.5 Å². The SMILES string of the molecule is CCN(CC)/C(=N\C(C)c1ccc(F)cc1Br)c1nccs1. The van der Waals surface area contributed by atoms with E-state index >= 15 is 0 Å². The largest absolute Gasteiger partial charge is 0.355 e. The van der Waals surface area contributed by atoms with Gasteiger partial charge in [0, 0.05) is 29.1 Å². The van der Waals surface area contributed by atoms with Crippen LogP contribution in [0.1, 0.15) is 37.4 Å². The molecule has 1 atom stereocenters. The molecule has 2 rings (SSSR count). The van der Waals surface area contributed by atoms with Crippen molar-refractivity contribution >= 4 is 33.1 Å². The quantitative estimate of drug-likeness (QED) is 0.542. The normalized spacial score (nSPS) is 13.2. The summed E-state index contributed by atoms with van der Waals surface area (Å²) in [7, 11) is 0. The summed E-state index contributed by atoms with van der Waals surface area (Å²) >= 11 is 5.00. The van der Waals surface area contributed by atoms with Crippen molar-refractivity contribution in [1.29, 1.82) is 0 Å². The molecular weight excluding hydrogens is 365 g/mol. The minimum absolute atomic E-state index is 0.0884. The van der Waals surface area contributed by atoms with Crippen LogP contribution in [-0.4, -0.2) is 28.8 Å². The van der Waals surface area contributed by atoms with Crippen LogP contribution in [0, 0.1) is 5.82 Å². The van der Waals surface area contributed by atoms with E-state index in [0.29, 0.717) is 0 Å². The number of hydrogen-bond acceptors (Lipinski definition) is 3. The molecule has 1 heterocycles. The van der Waals surface area contributed by atoms with Gasteiger partial charge >= 0.3 is 0 Å². The number of aromatic nitrogens is 1. The van der Waals surface area contributed by atoms with Crippen molar-refractivity contribution in [2.75, 3.05) is 13.1 Å². The molecule has 1 aromatic heterocycles. The Bertz CT molecular complexity index is 639. The van der Waals surface area contributed by atoms with Crippen LogP contribution in [0.15, 0.2) is 39.2 Å². The first-order chi connectivity index (χ1) is 10.6. The third kappa shape index (κ3) is 3.93. The maximum atomic E-state index is 13.3. The molecule has 22 heavy (non-hydrogen) atoms. The van der Waals surface area contributed by atoms with E-state index in [2.05, 4.69) is 39.7 Å². The lowest BCUT2D eigenvalue weighted by atomic mass is 10.1. The Morgan fingerprint density at radius 1 is 1.41 bits per heavy atom. The van der Waals surface area contributed by atoms with Gasteiger partial charge in [-0.3, -0.25) is 4.99 Å². The van der Waals surface area contributed by atoms with Crippen LogP contribution in [0.4, 0.5) is 4.39 Å². The third-order valence-corrected chi connectivity index (χ3v) is 4.87. The number of halogens is 2. The minimum atomic E-state index is -0.254. The Labute approximate surface area is 143 Å². The number of thiazole rings is 1. The molecule has 0 saturated heterocycles. The van der Waals surface area contributed by atoms with Gasteiger partial charge in [-0.15, -0.1) is 11.3 Å². The van der Waals surface area contributed by atoms with Crippen molar-refractivity contribution in [1.82, 2.24) is 9.88 Å². The van der Waals surface area contributed by atoms with E-state index in [-0.39, 0.29) is 11.9 Å². The maximum Gasteiger partial charge on any atom is 0.161 e. The Kier molecular flexibility index (Phi) is 6.08. The van der Waals surface area contributed by atoms with Gasteiger partial charge in [-0.1, -0.05) is 22.0 Å². The Morgan fingerprint density at radius 3 is 2.68 bits per heavy atom. The van der Waals surface area contributed by atoms with Gasteiger partial charge in [-0.2, -0.15) is 0 Å². The number of benzene rings is 1. The monoisotopic (exact) mass is 383 g/mol. The number of rotatable bonds is 5. The molecule has 1 unspecified atom stereocenters. The molecule has 6 heteroatoms. The van der Waals surface area contributed by atoms with E-state index in [1.165, 1.54) is 12.1 Å². The summed E-state index contributed by atoms with van der Waals surface area (Å²) < 4.78 is 14.0. The first-order valence-electron chi connectivity index (χ1n) is 7.24. The Balaban J connectivity index is 2.39. The van der Waals surface area contributed by atoms with Gasteiger partial charge in [0.25, 0.3) is 0 Å². The van der Waals surface area contributed by atoms with Crippen LogP contribution in [0.5, 0.6) is 0 Å². The standard InChI is InChI=1S/C16H19BrFN3S/c1-4-21(5-2)15(16-19-8-9-22-16)20-11(3)13-7-6-12(18)10-14(13)17/h6-11H,4-5H2,1-3H3/b20-15-. The zero-order valence-corrected chi connectivity index (χ0v) is 15.3. The highest BCUT2D eigenvalue weighted by Crippen LogP contribution is 2.27. The second kappa shape index (κ2) is 7.83. The van der Waals surface area contributed by atoms with Gasteiger partial charge in [0.05, 0.1) is 6.04 Å². The summed E-state index contributed by atoms with van der Waals surface area (Å²) in [6.07, 6.45) is 1.79. The average molecular weight is 384 g/mol. The Hall–Kier alpha value is -1.27. The first-order valence-corrected chi connectivity index (χ1v) is 8.91. The highest BCUT2D eigenvalue weighted by molar-refractivity contribution is 9.10. The minimum Gasteiger partial charge on any atom is -0.355 e. The van der Waals surface area contributed by atoms with E-state index in [0.717, 1.165) is 34.0 Å². The van der Waals surface area contributed by atoms with Crippen LogP contribution in [0.2, 0.25) is 0 Å². The molecule has 0 bridgehead atoms. The molecule has 1 aromatic carbocycles. The summed E-state index contributed by atoms with van der Waals surface area (Å²) in [5.74, 6) is 0.638. The van der Waals surface area contributed by atoms with Gasteiger partial charge in [0.15, 0.2) is 10.8 Å². The van der Waals surface area contributed by atoms with E-state index in [1.54, 1.807) is 23.6 Å². The van der Waals surface area contributed by atoms with E-state index in [9.17, 15) is 4.39 Å². The second-order valence-electron chi connectivity index (χ2n) is 4.80. The fourth-order valence-electron chi connectivity index (χ4n) is 2.22. The molecule has 0 aliphatic rings. The molecule has 0 fully saturated rings.